The summed E-state index contributed by atoms with van der Waals surface area (Å²) in [4.78, 5) is 3.79. The molecule has 1 aromatic rings. The number of aliphatic hydroxyl groups excluding tert-OH is 1. The highest BCUT2D eigenvalue weighted by Gasteiger charge is 2.07. The first-order valence-corrected chi connectivity index (χ1v) is 2.95. The molecule has 10 heavy (non-hydrogen) atoms. The van der Waals surface area contributed by atoms with E-state index in [2.05, 4.69) is 10.1 Å². The average molecular weight is 142 g/mol. The van der Waals surface area contributed by atoms with Crippen molar-refractivity contribution in [2.75, 3.05) is 5.73 Å². The normalized spacial score (nSPS) is 13.5. The second-order valence-corrected chi connectivity index (χ2v) is 2.13. The van der Waals surface area contributed by atoms with Crippen molar-refractivity contribution in [3.63, 3.8) is 0 Å². The Morgan fingerprint density at radius 1 is 1.70 bits per heavy atom. The van der Waals surface area contributed by atoms with Crippen molar-refractivity contribution in [1.29, 1.82) is 0 Å². The Morgan fingerprint density at radius 3 is 2.50 bits per heavy atom. The summed E-state index contributed by atoms with van der Waals surface area (Å²) >= 11 is 0. The molecule has 3 N–H and O–H groups in total. The molecule has 1 rings (SSSR count). The number of aryl methyl sites for hydroxylation is 1. The lowest BCUT2D eigenvalue weighted by molar-refractivity contribution is 0.188. The molecule has 0 aromatic carbocycles. The van der Waals surface area contributed by atoms with Gasteiger partial charge in [0, 0.05) is 7.05 Å². The molecule has 5 heteroatoms. The number of aliphatic hydroxyl groups is 1. The van der Waals surface area contributed by atoms with Crippen LogP contribution in [0.15, 0.2) is 0 Å². The topological polar surface area (TPSA) is 77.0 Å². The van der Waals surface area contributed by atoms with Crippen molar-refractivity contribution in [3.8, 4) is 0 Å². The zero-order valence-corrected chi connectivity index (χ0v) is 5.94. The number of aromatic nitrogens is 3. The lowest BCUT2D eigenvalue weighted by atomic mass is 10.4. The maximum Gasteiger partial charge on any atom is 0.218 e. The summed E-state index contributed by atoms with van der Waals surface area (Å²) in [7, 11) is 1.67. The highest BCUT2D eigenvalue weighted by atomic mass is 16.3. The third kappa shape index (κ3) is 1.08. The summed E-state index contributed by atoms with van der Waals surface area (Å²) < 4.78 is 1.42. The molecule has 0 aliphatic rings. The van der Waals surface area contributed by atoms with Gasteiger partial charge < -0.3 is 10.8 Å². The maximum absolute atomic E-state index is 8.97. The van der Waals surface area contributed by atoms with E-state index in [4.69, 9.17) is 10.8 Å². The van der Waals surface area contributed by atoms with E-state index >= 15 is 0 Å². The summed E-state index contributed by atoms with van der Waals surface area (Å²) in [5.74, 6) is 0.677. The molecular formula is C5H10N4O. The predicted molar refractivity (Wildman–Crippen MR) is 36.0 cm³/mol. The van der Waals surface area contributed by atoms with Gasteiger partial charge in [-0.15, -0.1) is 0 Å². The number of hydrogen-bond acceptors (Lipinski definition) is 4. The molecule has 0 fully saturated rings. The minimum Gasteiger partial charge on any atom is -0.385 e. The lowest BCUT2D eigenvalue weighted by Crippen LogP contribution is -1.98. The van der Waals surface area contributed by atoms with Crippen LogP contribution in [-0.2, 0) is 7.05 Å². The Morgan fingerprint density at radius 2 is 2.30 bits per heavy atom. The second kappa shape index (κ2) is 2.26. The average Bonchev–Trinajstić information content (AvgIpc) is 2.13. The molecule has 0 amide bonds. The molecule has 0 spiro atoms. The molecular weight excluding hydrogens is 132 g/mol. The molecule has 1 atom stereocenters. The summed E-state index contributed by atoms with van der Waals surface area (Å²) in [5, 5.41) is 12.8. The number of hydrogen-bond donors (Lipinski definition) is 2. The van der Waals surface area contributed by atoms with E-state index in [0.29, 0.717) is 11.8 Å². The van der Waals surface area contributed by atoms with Crippen molar-refractivity contribution >= 4 is 5.95 Å². The molecule has 0 aliphatic carbocycles. The van der Waals surface area contributed by atoms with Crippen molar-refractivity contribution < 1.29 is 5.11 Å². The summed E-state index contributed by atoms with van der Waals surface area (Å²) in [6.45, 7) is 1.59. The van der Waals surface area contributed by atoms with Gasteiger partial charge in [0.1, 0.15) is 6.10 Å². The van der Waals surface area contributed by atoms with Gasteiger partial charge in [-0.25, -0.2) is 4.68 Å². The minimum atomic E-state index is -0.650. The minimum absolute atomic E-state index is 0.316. The van der Waals surface area contributed by atoms with E-state index in [9.17, 15) is 0 Å². The van der Waals surface area contributed by atoms with Gasteiger partial charge in [-0.1, -0.05) is 0 Å². The summed E-state index contributed by atoms with van der Waals surface area (Å²) in [6, 6.07) is 0. The van der Waals surface area contributed by atoms with Crippen LogP contribution in [0.4, 0.5) is 5.95 Å². The van der Waals surface area contributed by atoms with Crippen LogP contribution in [0, 0.1) is 0 Å². The fraction of sp³-hybridized carbons (Fsp3) is 0.600. The Balaban J connectivity index is 2.98. The van der Waals surface area contributed by atoms with Crippen LogP contribution in [0.25, 0.3) is 0 Å². The third-order valence-corrected chi connectivity index (χ3v) is 1.19. The van der Waals surface area contributed by atoms with Crippen LogP contribution >= 0.6 is 0 Å². The quantitative estimate of drug-likeness (QED) is 0.551. The van der Waals surface area contributed by atoms with Crippen molar-refractivity contribution in [1.82, 2.24) is 14.8 Å². The van der Waals surface area contributed by atoms with Gasteiger partial charge >= 0.3 is 0 Å². The van der Waals surface area contributed by atoms with Crippen molar-refractivity contribution in [2.24, 2.45) is 7.05 Å². The highest BCUT2D eigenvalue weighted by Crippen LogP contribution is 2.06. The van der Waals surface area contributed by atoms with Gasteiger partial charge in [0.15, 0.2) is 5.82 Å². The van der Waals surface area contributed by atoms with Crippen LogP contribution in [-0.4, -0.2) is 19.9 Å². The number of nitrogens with zero attached hydrogens (tertiary/aromatic N) is 3. The number of nitrogen functional groups attached to an aromatic ring is 1. The predicted octanol–water partition coefficient (Wildman–Crippen LogP) is -0.549. The largest absolute Gasteiger partial charge is 0.385 e. The zero-order valence-electron chi connectivity index (χ0n) is 5.94. The number of nitrogens with two attached hydrogens (primary N) is 1. The summed E-state index contributed by atoms with van der Waals surface area (Å²) in [6.07, 6.45) is -0.650. The smallest absolute Gasteiger partial charge is 0.218 e. The fourth-order valence-corrected chi connectivity index (χ4v) is 0.594. The molecule has 5 nitrogen and oxygen atoms in total. The molecule has 1 aromatic heterocycles. The molecule has 1 unspecified atom stereocenters. The van der Waals surface area contributed by atoms with Gasteiger partial charge in [0.25, 0.3) is 0 Å². The SMILES string of the molecule is CC(O)c1nc(N)n(C)n1. The van der Waals surface area contributed by atoms with Gasteiger partial charge in [0.05, 0.1) is 0 Å². The third-order valence-electron chi connectivity index (χ3n) is 1.19. The first kappa shape index (κ1) is 7.01. The van der Waals surface area contributed by atoms with E-state index in [-0.39, 0.29) is 0 Å². The molecule has 0 saturated carbocycles. The van der Waals surface area contributed by atoms with Gasteiger partial charge in [0.2, 0.25) is 5.95 Å². The van der Waals surface area contributed by atoms with E-state index in [1.807, 2.05) is 0 Å². The van der Waals surface area contributed by atoms with Gasteiger partial charge in [-0.2, -0.15) is 10.1 Å². The van der Waals surface area contributed by atoms with Crippen LogP contribution in [0.3, 0.4) is 0 Å². The zero-order chi connectivity index (χ0) is 7.72. The van der Waals surface area contributed by atoms with Gasteiger partial charge in [-0.05, 0) is 6.92 Å². The highest BCUT2D eigenvalue weighted by molar-refractivity contribution is 5.15. The van der Waals surface area contributed by atoms with Crippen LogP contribution in [0.5, 0.6) is 0 Å². The van der Waals surface area contributed by atoms with Crippen LogP contribution < -0.4 is 5.73 Å². The maximum atomic E-state index is 8.97. The molecule has 0 aliphatic heterocycles. The van der Waals surface area contributed by atoms with E-state index in [0.717, 1.165) is 0 Å². The van der Waals surface area contributed by atoms with E-state index in [1.165, 1.54) is 4.68 Å². The van der Waals surface area contributed by atoms with Gasteiger partial charge in [-0.3, -0.25) is 0 Å². The molecule has 56 valence electrons. The summed E-state index contributed by atoms with van der Waals surface area (Å²) in [5.41, 5.74) is 5.36. The Kier molecular flexibility index (Phi) is 1.58. The lowest BCUT2D eigenvalue weighted by Gasteiger charge is -1.92. The molecule has 0 radical (unpaired) electrons. The fourth-order valence-electron chi connectivity index (χ4n) is 0.594. The molecule has 0 saturated heterocycles. The Bertz CT molecular complexity index is 210. The molecule has 0 bridgehead atoms. The second-order valence-electron chi connectivity index (χ2n) is 2.13. The first-order valence-electron chi connectivity index (χ1n) is 2.95. The van der Waals surface area contributed by atoms with E-state index in [1.54, 1.807) is 14.0 Å². The number of rotatable bonds is 1. The monoisotopic (exact) mass is 142 g/mol. The number of anilines is 1. The Labute approximate surface area is 58.5 Å². The van der Waals surface area contributed by atoms with Crippen LogP contribution in [0.2, 0.25) is 0 Å². The first-order chi connectivity index (χ1) is 4.61. The van der Waals surface area contributed by atoms with Crippen molar-refractivity contribution in [3.05, 3.63) is 5.82 Å². The molecule has 1 heterocycles. The van der Waals surface area contributed by atoms with E-state index < -0.39 is 6.10 Å². The standard InChI is InChI=1S/C5H10N4O/c1-3(10)4-7-5(6)9(2)8-4/h3,10H,1-2H3,(H2,6,7,8). The van der Waals surface area contributed by atoms with Crippen LogP contribution in [0.1, 0.15) is 18.9 Å². The van der Waals surface area contributed by atoms with Crippen molar-refractivity contribution in [2.45, 2.75) is 13.0 Å². The Hall–Kier alpha value is -1.10.